The number of hydrogen-bond donors (Lipinski definition) is 3. The van der Waals surface area contributed by atoms with Crippen LogP contribution in [0, 0.1) is 6.92 Å². The van der Waals surface area contributed by atoms with E-state index in [4.69, 9.17) is 9.72 Å². The lowest BCUT2D eigenvalue weighted by atomic mass is 10.0. The maximum Gasteiger partial charge on any atom is 0.317 e. The molecule has 0 saturated carbocycles. The molecule has 2 saturated heterocycles. The van der Waals surface area contributed by atoms with Crippen LogP contribution in [0.1, 0.15) is 32.3 Å². The Morgan fingerprint density at radius 3 is 2.36 bits per heavy atom. The first kappa shape index (κ1) is 32.6. The van der Waals surface area contributed by atoms with E-state index in [9.17, 15) is 9.36 Å². The molecule has 11 nitrogen and oxygen atoms in total. The molecule has 2 amide bonds. The van der Waals surface area contributed by atoms with Crippen molar-refractivity contribution in [3.05, 3.63) is 54.2 Å². The molecule has 0 unspecified atom stereocenters. The highest BCUT2D eigenvalue weighted by atomic mass is 31.2. The zero-order valence-corrected chi connectivity index (χ0v) is 28.2. The van der Waals surface area contributed by atoms with Crippen molar-refractivity contribution in [2.75, 3.05) is 75.2 Å². The van der Waals surface area contributed by atoms with E-state index in [1.54, 1.807) is 26.6 Å². The third-order valence-electron chi connectivity index (χ3n) is 8.50. The molecular formula is C33H47N8O3P. The van der Waals surface area contributed by atoms with Crippen LogP contribution < -0.4 is 30.9 Å². The normalized spacial score (nSPS) is 16.5. The quantitative estimate of drug-likeness (QED) is 0.272. The van der Waals surface area contributed by atoms with E-state index in [0.717, 1.165) is 80.0 Å². The van der Waals surface area contributed by atoms with Crippen molar-refractivity contribution >= 4 is 47.3 Å². The van der Waals surface area contributed by atoms with Gasteiger partial charge in [0.25, 0.3) is 0 Å². The van der Waals surface area contributed by atoms with Gasteiger partial charge in [-0.2, -0.15) is 4.98 Å². The second-order valence-electron chi connectivity index (χ2n) is 12.6. The fraction of sp³-hybridized carbons (Fsp3) is 0.485. The third kappa shape index (κ3) is 8.07. The van der Waals surface area contributed by atoms with Crippen molar-refractivity contribution in [2.24, 2.45) is 0 Å². The summed E-state index contributed by atoms with van der Waals surface area (Å²) in [6.07, 6.45) is 3.94. The molecule has 2 aromatic carbocycles. The molecule has 12 heteroatoms. The van der Waals surface area contributed by atoms with Gasteiger partial charge in [0.1, 0.15) is 18.7 Å². The van der Waals surface area contributed by atoms with Crippen LogP contribution in [0.4, 0.5) is 33.6 Å². The fourth-order valence-corrected chi connectivity index (χ4v) is 7.18. The van der Waals surface area contributed by atoms with Crippen LogP contribution in [0.25, 0.3) is 0 Å². The number of carbonyl (C=O) groups excluding carboxylic acids is 1. The lowest BCUT2D eigenvalue weighted by Gasteiger charge is -2.43. The minimum absolute atomic E-state index is 0.0456. The van der Waals surface area contributed by atoms with Crippen LogP contribution in [0.5, 0.6) is 5.75 Å². The van der Waals surface area contributed by atoms with E-state index < -0.39 is 7.14 Å². The first-order valence-corrected chi connectivity index (χ1v) is 18.4. The van der Waals surface area contributed by atoms with E-state index in [-0.39, 0.29) is 12.1 Å². The minimum atomic E-state index is -2.48. The van der Waals surface area contributed by atoms with Crippen LogP contribution in [0.2, 0.25) is 0 Å². The Kier molecular flexibility index (Phi) is 10.2. The number of piperazine rings is 1. The van der Waals surface area contributed by atoms with E-state index in [0.29, 0.717) is 23.6 Å². The summed E-state index contributed by atoms with van der Waals surface area (Å²) in [4.78, 5) is 28.5. The monoisotopic (exact) mass is 634 g/mol. The summed E-state index contributed by atoms with van der Waals surface area (Å²) in [5, 5.41) is 10.5. The minimum Gasteiger partial charge on any atom is -0.494 e. The predicted octanol–water partition coefficient (Wildman–Crippen LogP) is 5.23. The molecule has 1 aromatic heterocycles. The lowest BCUT2D eigenvalue weighted by Crippen LogP contribution is -2.56. The molecule has 3 N–H and O–H groups in total. The Morgan fingerprint density at radius 1 is 0.978 bits per heavy atom. The summed E-state index contributed by atoms with van der Waals surface area (Å²) in [6, 6.07) is 14.6. The number of rotatable bonds is 9. The number of methoxy groups -OCH3 is 1. The van der Waals surface area contributed by atoms with Gasteiger partial charge in [-0.05, 0) is 71.2 Å². The number of ether oxygens (including phenoxy) is 1. The molecule has 0 atom stereocenters. The van der Waals surface area contributed by atoms with Crippen molar-refractivity contribution in [2.45, 2.75) is 45.7 Å². The highest BCUT2D eigenvalue weighted by Crippen LogP contribution is 2.38. The molecule has 0 radical (unpaired) electrons. The second kappa shape index (κ2) is 14.1. The summed E-state index contributed by atoms with van der Waals surface area (Å²) >= 11 is 0. The zero-order chi connectivity index (χ0) is 32.1. The van der Waals surface area contributed by atoms with Gasteiger partial charge in [0.2, 0.25) is 5.95 Å². The topological polar surface area (TPSA) is 115 Å². The van der Waals surface area contributed by atoms with Gasteiger partial charge in [-0.3, -0.25) is 4.90 Å². The number of carbonyl (C=O) groups is 1. The lowest BCUT2D eigenvalue weighted by molar-refractivity contribution is 0.0960. The number of amides is 2. The number of hydrogen-bond acceptors (Lipinski definition) is 9. The smallest absolute Gasteiger partial charge is 0.317 e. The fourth-order valence-electron chi connectivity index (χ4n) is 6.02. The van der Waals surface area contributed by atoms with Gasteiger partial charge in [0, 0.05) is 80.2 Å². The maximum atomic E-state index is 12.9. The van der Waals surface area contributed by atoms with Gasteiger partial charge in [-0.15, -0.1) is 0 Å². The maximum absolute atomic E-state index is 12.9. The van der Waals surface area contributed by atoms with Gasteiger partial charge in [-0.1, -0.05) is 12.1 Å². The largest absolute Gasteiger partial charge is 0.494 e. The number of aryl methyl sites for hydroxylation is 1. The van der Waals surface area contributed by atoms with Gasteiger partial charge in [-0.25, -0.2) is 9.78 Å². The van der Waals surface area contributed by atoms with Crippen molar-refractivity contribution < 1.29 is 14.1 Å². The van der Waals surface area contributed by atoms with Crippen LogP contribution in [0.3, 0.4) is 0 Å². The van der Waals surface area contributed by atoms with Crippen LogP contribution in [0.15, 0.2) is 48.7 Å². The average Bonchev–Trinajstić information content (AvgIpc) is 3.02. The zero-order valence-electron chi connectivity index (χ0n) is 27.3. The Bertz CT molecular complexity index is 1530. The number of urea groups is 1. The Balaban J connectivity index is 1.20. The molecule has 2 fully saturated rings. The summed E-state index contributed by atoms with van der Waals surface area (Å²) in [5.41, 5.74) is 3.55. The first-order chi connectivity index (χ1) is 21.5. The van der Waals surface area contributed by atoms with E-state index in [1.165, 1.54) is 0 Å². The number of piperidine rings is 1. The summed E-state index contributed by atoms with van der Waals surface area (Å²) in [5.74, 6) is 1.80. The summed E-state index contributed by atoms with van der Waals surface area (Å²) < 4.78 is 18.6. The highest BCUT2D eigenvalue weighted by Gasteiger charge is 2.29. The number of nitrogens with one attached hydrogen (secondary N) is 3. The molecule has 5 rings (SSSR count). The van der Waals surface area contributed by atoms with Crippen molar-refractivity contribution in [1.82, 2.24) is 25.1 Å². The van der Waals surface area contributed by atoms with Crippen LogP contribution >= 0.6 is 7.14 Å². The van der Waals surface area contributed by atoms with Crippen LogP contribution in [-0.4, -0.2) is 97.6 Å². The van der Waals surface area contributed by atoms with Crippen molar-refractivity contribution in [3.63, 3.8) is 0 Å². The number of aromatic nitrogens is 2. The van der Waals surface area contributed by atoms with E-state index in [2.05, 4.69) is 42.9 Å². The molecule has 3 heterocycles. The van der Waals surface area contributed by atoms with Gasteiger partial charge in [0.05, 0.1) is 18.5 Å². The molecule has 2 aliphatic rings. The third-order valence-corrected chi connectivity index (χ3v) is 10.1. The number of benzene rings is 2. The molecule has 0 bridgehead atoms. The number of para-hydroxylation sites is 1. The Morgan fingerprint density at radius 2 is 1.69 bits per heavy atom. The second-order valence-corrected chi connectivity index (χ2v) is 15.8. The Hall–Kier alpha value is -3.82. The standard InChI is InChI=1S/C33H47N8O3P/c1-23(2)35-33(42)41-19-17-40(18-20-41)25-13-15-39(16-14-25)26-11-12-27(29(21-26)44-4)37-32-34-22-24(3)31(38-32)36-28-9-7-8-10-30(28)45(5,6)43/h7-12,21-23,25H,13-20H2,1-6H3,(H,35,42)(H2,34,36,37,38). The van der Waals surface area contributed by atoms with Crippen molar-refractivity contribution in [1.29, 1.82) is 0 Å². The highest BCUT2D eigenvalue weighted by molar-refractivity contribution is 7.70. The van der Waals surface area contributed by atoms with E-state index >= 15 is 0 Å². The van der Waals surface area contributed by atoms with Gasteiger partial charge < -0.3 is 35.1 Å². The molecule has 242 valence electrons. The first-order valence-electron chi connectivity index (χ1n) is 15.8. The van der Waals surface area contributed by atoms with Gasteiger partial charge >= 0.3 is 6.03 Å². The van der Waals surface area contributed by atoms with Crippen molar-refractivity contribution in [3.8, 4) is 5.75 Å². The number of anilines is 5. The Labute approximate surface area is 267 Å². The van der Waals surface area contributed by atoms with E-state index in [1.807, 2.05) is 56.0 Å². The van der Waals surface area contributed by atoms with Gasteiger partial charge in [0.15, 0.2) is 0 Å². The molecule has 0 aliphatic carbocycles. The molecule has 45 heavy (non-hydrogen) atoms. The molecular weight excluding hydrogens is 587 g/mol. The number of nitrogens with zero attached hydrogens (tertiary/aromatic N) is 5. The summed E-state index contributed by atoms with van der Waals surface area (Å²) in [6.45, 7) is 14.8. The predicted molar refractivity (Wildman–Crippen MR) is 184 cm³/mol. The molecule has 0 spiro atoms. The molecule has 2 aliphatic heterocycles. The van der Waals surface area contributed by atoms with Crippen LogP contribution in [-0.2, 0) is 4.57 Å². The molecule has 3 aromatic rings. The SMILES string of the molecule is COc1cc(N2CCC(N3CCN(C(=O)NC(C)C)CC3)CC2)ccc1Nc1ncc(C)c(Nc2ccccc2P(C)(C)=O)n1. The summed E-state index contributed by atoms with van der Waals surface area (Å²) in [7, 11) is -0.810. The average molecular weight is 635 g/mol.